The third kappa shape index (κ3) is 2.31. The third-order valence-corrected chi connectivity index (χ3v) is 5.40. The Morgan fingerprint density at radius 1 is 1.22 bits per heavy atom. The molecule has 3 heterocycles. The Bertz CT molecular complexity index is 728. The number of nitrogens with zero attached hydrogens (tertiary/aromatic N) is 2. The van der Waals surface area contributed by atoms with Crippen LogP contribution in [0.2, 0.25) is 5.02 Å². The first-order chi connectivity index (χ1) is 11.2. The van der Waals surface area contributed by atoms with E-state index in [1.165, 1.54) is 5.56 Å². The van der Waals surface area contributed by atoms with Gasteiger partial charge >= 0.3 is 0 Å². The van der Waals surface area contributed by atoms with E-state index < -0.39 is 0 Å². The summed E-state index contributed by atoms with van der Waals surface area (Å²) in [6.45, 7) is 2.65. The predicted molar refractivity (Wildman–Crippen MR) is 92.1 cm³/mol. The fourth-order valence-electron chi connectivity index (χ4n) is 3.69. The number of fused-ring (bicyclic) bond motifs is 2. The molecule has 3 N–H and O–H groups in total. The minimum atomic E-state index is 0.140. The van der Waals surface area contributed by atoms with Crippen molar-refractivity contribution in [3.63, 3.8) is 0 Å². The number of aromatic nitrogens is 1. The fourth-order valence-corrected chi connectivity index (χ4v) is 3.98. The number of hydrogen-bond acceptors (Lipinski definition) is 5. The molecule has 1 aromatic carbocycles. The molecular formula is C17H19ClN4O. The van der Waals surface area contributed by atoms with Crippen molar-refractivity contribution in [1.29, 1.82) is 0 Å². The number of nitrogens with two attached hydrogens (primary N) is 1. The summed E-state index contributed by atoms with van der Waals surface area (Å²) in [4.78, 5) is 6.44. The van der Waals surface area contributed by atoms with Gasteiger partial charge in [-0.1, -0.05) is 29.8 Å². The van der Waals surface area contributed by atoms with Crippen molar-refractivity contribution in [3.8, 4) is 5.75 Å². The molecule has 0 amide bonds. The van der Waals surface area contributed by atoms with E-state index in [1.54, 1.807) is 6.20 Å². The molecule has 23 heavy (non-hydrogen) atoms. The fraction of sp³-hybridized carbons (Fsp3) is 0.353. The highest BCUT2D eigenvalue weighted by Crippen LogP contribution is 2.46. The molecule has 1 aromatic heterocycles. The normalized spacial score (nSPS) is 18.6. The van der Waals surface area contributed by atoms with Gasteiger partial charge in [-0.05, 0) is 25.0 Å². The van der Waals surface area contributed by atoms with Gasteiger partial charge in [-0.15, -0.1) is 0 Å². The van der Waals surface area contributed by atoms with E-state index in [4.69, 9.17) is 22.2 Å². The Labute approximate surface area is 140 Å². The average molecular weight is 331 g/mol. The zero-order valence-electron chi connectivity index (χ0n) is 12.8. The van der Waals surface area contributed by atoms with Crippen LogP contribution in [0, 0.1) is 0 Å². The number of pyridine rings is 1. The van der Waals surface area contributed by atoms with Gasteiger partial charge in [-0.3, -0.25) is 0 Å². The number of ether oxygens (including phenoxy) is 1. The van der Waals surface area contributed by atoms with Gasteiger partial charge in [0.1, 0.15) is 10.8 Å². The highest BCUT2D eigenvalue weighted by atomic mass is 35.5. The number of anilines is 2. The van der Waals surface area contributed by atoms with Crippen molar-refractivity contribution in [1.82, 2.24) is 4.98 Å². The lowest BCUT2D eigenvalue weighted by atomic mass is 9.74. The Morgan fingerprint density at radius 2 is 2.00 bits per heavy atom. The maximum Gasteiger partial charge on any atom is 0.160 e. The highest BCUT2D eigenvalue weighted by Gasteiger charge is 2.43. The molecule has 5 nitrogen and oxygen atoms in total. The zero-order chi connectivity index (χ0) is 15.9. The molecule has 0 unspecified atom stereocenters. The summed E-state index contributed by atoms with van der Waals surface area (Å²) >= 11 is 6.40. The van der Waals surface area contributed by atoms with E-state index >= 15 is 0 Å². The van der Waals surface area contributed by atoms with Crippen molar-refractivity contribution < 1.29 is 4.74 Å². The molecule has 0 atom stereocenters. The van der Waals surface area contributed by atoms with Crippen LogP contribution in [0.25, 0.3) is 0 Å². The number of hydrogen-bond donors (Lipinski definition) is 2. The number of hydrazine groups is 1. The molecule has 0 radical (unpaired) electrons. The number of para-hydroxylation sites is 1. The van der Waals surface area contributed by atoms with Crippen molar-refractivity contribution in [3.05, 3.63) is 47.1 Å². The molecule has 0 bridgehead atoms. The number of rotatable bonds is 2. The number of halogens is 1. The first kappa shape index (κ1) is 14.6. The van der Waals surface area contributed by atoms with Crippen LogP contribution in [0.5, 0.6) is 5.75 Å². The summed E-state index contributed by atoms with van der Waals surface area (Å²) in [5.41, 5.74) is 5.02. The first-order valence-corrected chi connectivity index (χ1v) is 8.20. The molecule has 0 saturated carbocycles. The monoisotopic (exact) mass is 330 g/mol. The van der Waals surface area contributed by atoms with E-state index in [0.29, 0.717) is 10.8 Å². The van der Waals surface area contributed by atoms with Gasteiger partial charge < -0.3 is 15.1 Å². The molecule has 120 valence electrons. The van der Waals surface area contributed by atoms with Crippen LogP contribution in [0.15, 0.2) is 36.5 Å². The van der Waals surface area contributed by atoms with E-state index in [2.05, 4.69) is 33.5 Å². The second-order valence-electron chi connectivity index (χ2n) is 6.19. The van der Waals surface area contributed by atoms with Gasteiger partial charge in [0, 0.05) is 30.3 Å². The molecule has 0 aliphatic carbocycles. The Balaban J connectivity index is 1.57. The third-order valence-electron chi connectivity index (χ3n) is 5.03. The molecule has 2 aromatic rings. The molecule has 2 aliphatic heterocycles. The first-order valence-electron chi connectivity index (χ1n) is 7.82. The lowest BCUT2D eigenvalue weighted by Crippen LogP contribution is -2.43. The summed E-state index contributed by atoms with van der Waals surface area (Å²) in [5.74, 6) is 7.02. The molecular weight excluding hydrogens is 312 g/mol. The van der Waals surface area contributed by atoms with Crippen LogP contribution in [0.3, 0.4) is 0 Å². The van der Waals surface area contributed by atoms with Gasteiger partial charge in [0.15, 0.2) is 5.82 Å². The summed E-state index contributed by atoms with van der Waals surface area (Å²) in [6.07, 6.45) is 3.83. The number of benzene rings is 1. The van der Waals surface area contributed by atoms with Gasteiger partial charge in [0.25, 0.3) is 0 Å². The Hall–Kier alpha value is -1.98. The zero-order valence-corrected chi connectivity index (χ0v) is 13.5. The molecule has 1 fully saturated rings. The van der Waals surface area contributed by atoms with E-state index in [1.807, 2.05) is 12.1 Å². The molecule has 1 spiro atoms. The second kappa shape index (κ2) is 5.58. The van der Waals surface area contributed by atoms with Gasteiger partial charge in [0.2, 0.25) is 0 Å². The molecule has 1 saturated heterocycles. The van der Waals surface area contributed by atoms with Crippen molar-refractivity contribution >= 4 is 23.1 Å². The van der Waals surface area contributed by atoms with Crippen LogP contribution in [0.1, 0.15) is 18.4 Å². The summed E-state index contributed by atoms with van der Waals surface area (Å²) in [7, 11) is 0. The van der Waals surface area contributed by atoms with Crippen LogP contribution in [-0.2, 0) is 5.41 Å². The smallest absolute Gasteiger partial charge is 0.160 e. The quantitative estimate of drug-likeness (QED) is 0.654. The van der Waals surface area contributed by atoms with Crippen LogP contribution >= 0.6 is 11.6 Å². The van der Waals surface area contributed by atoms with Crippen molar-refractivity contribution in [2.45, 2.75) is 18.3 Å². The minimum Gasteiger partial charge on any atom is -0.492 e. The standard InChI is InChI=1S/C17H19ClN4O/c18-15-13(5-8-20-16(15)21-19)22-9-6-17(7-10-22)11-23-14-4-2-1-3-12(14)17/h1-5,8H,6-7,9-11,19H2,(H,20,21). The lowest BCUT2D eigenvalue weighted by Gasteiger charge is -2.40. The van der Waals surface area contributed by atoms with Gasteiger partial charge in [0.05, 0.1) is 12.3 Å². The topological polar surface area (TPSA) is 63.4 Å². The number of nitrogens with one attached hydrogen (secondary N) is 1. The Kier molecular flexibility index (Phi) is 3.54. The summed E-state index contributed by atoms with van der Waals surface area (Å²) in [5, 5.41) is 0.578. The average Bonchev–Trinajstić information content (AvgIpc) is 2.95. The van der Waals surface area contributed by atoms with Crippen LogP contribution in [-0.4, -0.2) is 24.7 Å². The molecule has 4 rings (SSSR count). The maximum absolute atomic E-state index is 6.40. The Morgan fingerprint density at radius 3 is 2.78 bits per heavy atom. The highest BCUT2D eigenvalue weighted by molar-refractivity contribution is 6.35. The van der Waals surface area contributed by atoms with Crippen molar-refractivity contribution in [2.75, 3.05) is 30.0 Å². The van der Waals surface area contributed by atoms with E-state index in [9.17, 15) is 0 Å². The van der Waals surface area contributed by atoms with Gasteiger partial charge in [-0.2, -0.15) is 0 Å². The number of nitrogen functional groups attached to an aromatic ring is 1. The molecule has 6 heteroatoms. The maximum atomic E-state index is 6.40. The predicted octanol–water partition coefficient (Wildman–Crippen LogP) is 2.95. The minimum absolute atomic E-state index is 0.140. The SMILES string of the molecule is NNc1nccc(N2CCC3(CC2)COc2ccccc23)c1Cl. The molecule has 2 aliphatic rings. The van der Waals surface area contributed by atoms with Crippen LogP contribution in [0.4, 0.5) is 11.5 Å². The van der Waals surface area contributed by atoms with Gasteiger partial charge in [-0.25, -0.2) is 10.8 Å². The van der Waals surface area contributed by atoms with Crippen molar-refractivity contribution in [2.24, 2.45) is 5.84 Å². The summed E-state index contributed by atoms with van der Waals surface area (Å²) < 4.78 is 5.91. The summed E-state index contributed by atoms with van der Waals surface area (Å²) in [6, 6.07) is 10.3. The second-order valence-corrected chi connectivity index (χ2v) is 6.57. The largest absolute Gasteiger partial charge is 0.492 e. The van der Waals surface area contributed by atoms with E-state index in [0.717, 1.165) is 44.0 Å². The number of piperidine rings is 1. The lowest BCUT2D eigenvalue weighted by molar-refractivity contribution is 0.230. The van der Waals surface area contributed by atoms with Crippen LogP contribution < -0.4 is 20.9 Å². The van der Waals surface area contributed by atoms with E-state index in [-0.39, 0.29) is 5.41 Å².